The molecule has 0 radical (unpaired) electrons. The Morgan fingerprint density at radius 1 is 1.11 bits per heavy atom. The molecule has 1 atom stereocenters. The van der Waals surface area contributed by atoms with Crippen molar-refractivity contribution in [3.63, 3.8) is 0 Å². The van der Waals surface area contributed by atoms with Crippen LogP contribution in [-0.4, -0.2) is 40.8 Å². The number of anilines is 1. The lowest BCUT2D eigenvalue weighted by atomic mass is 10.1. The van der Waals surface area contributed by atoms with Gasteiger partial charge in [0.05, 0.1) is 26.2 Å². The fourth-order valence-corrected chi connectivity index (χ4v) is 4.08. The van der Waals surface area contributed by atoms with Gasteiger partial charge in [-0.05, 0) is 37.1 Å². The lowest BCUT2D eigenvalue weighted by Gasteiger charge is -2.28. The Morgan fingerprint density at radius 2 is 1.75 bits per heavy atom. The third kappa shape index (κ3) is 4.95. The van der Waals surface area contributed by atoms with Gasteiger partial charge in [0.25, 0.3) is 0 Å². The third-order valence-corrected chi connectivity index (χ3v) is 5.67. The first-order valence-corrected chi connectivity index (χ1v) is 10.6. The molecule has 0 saturated heterocycles. The number of hydrogen-bond donors (Lipinski definition) is 1. The zero-order chi connectivity index (χ0) is 20.9. The summed E-state index contributed by atoms with van der Waals surface area (Å²) >= 11 is 0. The average molecular weight is 407 g/mol. The van der Waals surface area contributed by atoms with E-state index in [9.17, 15) is 13.2 Å². The summed E-state index contributed by atoms with van der Waals surface area (Å²) in [5.41, 5.74) is 2.34. The van der Waals surface area contributed by atoms with Gasteiger partial charge < -0.3 is 14.8 Å². The summed E-state index contributed by atoms with van der Waals surface area (Å²) in [5.74, 6) is 0.445. The van der Waals surface area contributed by atoms with E-state index in [0.29, 0.717) is 23.7 Å². The largest absolute Gasteiger partial charge is 0.493 e. The summed E-state index contributed by atoms with van der Waals surface area (Å²) in [6.07, 6.45) is 1.06. The lowest BCUT2D eigenvalue weighted by Crippen LogP contribution is -2.47. The molecule has 0 heterocycles. The molecule has 8 heteroatoms. The molecule has 0 spiro atoms. The van der Waals surface area contributed by atoms with Crippen LogP contribution in [0.5, 0.6) is 11.5 Å². The quantitative estimate of drug-likeness (QED) is 0.728. The predicted octanol–water partition coefficient (Wildman–Crippen LogP) is 2.48. The second kappa shape index (κ2) is 8.97. The van der Waals surface area contributed by atoms with Crippen LogP contribution in [0.2, 0.25) is 0 Å². The molecule has 0 aromatic heterocycles. The van der Waals surface area contributed by atoms with E-state index in [-0.39, 0.29) is 0 Å². The molecular formula is C20H26N2O5S. The van der Waals surface area contributed by atoms with Gasteiger partial charge in [-0.2, -0.15) is 0 Å². The van der Waals surface area contributed by atoms with Crippen LogP contribution < -0.4 is 19.1 Å². The Bertz CT molecular complexity index is 943. The molecule has 0 fully saturated rings. The molecule has 1 N–H and O–H groups in total. The average Bonchev–Trinajstić information content (AvgIpc) is 2.65. The summed E-state index contributed by atoms with van der Waals surface area (Å²) in [5, 5.41) is 2.81. The van der Waals surface area contributed by atoms with Crippen LogP contribution >= 0.6 is 0 Å². The number of sulfonamides is 1. The van der Waals surface area contributed by atoms with E-state index in [1.54, 1.807) is 19.1 Å². The van der Waals surface area contributed by atoms with E-state index in [4.69, 9.17) is 9.47 Å². The Kier molecular flexibility index (Phi) is 6.90. The summed E-state index contributed by atoms with van der Waals surface area (Å²) in [6.45, 7) is 3.82. The first-order valence-electron chi connectivity index (χ1n) is 8.72. The highest BCUT2D eigenvalue weighted by molar-refractivity contribution is 7.92. The maximum absolute atomic E-state index is 12.7. The molecule has 0 aliphatic rings. The molecule has 1 amide bonds. The smallest absolute Gasteiger partial charge is 0.243 e. The highest BCUT2D eigenvalue weighted by Crippen LogP contribution is 2.33. The van der Waals surface area contributed by atoms with E-state index in [1.165, 1.54) is 20.3 Å². The molecule has 28 heavy (non-hydrogen) atoms. The molecule has 0 bridgehead atoms. The van der Waals surface area contributed by atoms with Gasteiger partial charge in [0.15, 0.2) is 11.5 Å². The normalized spacial score (nSPS) is 12.2. The first-order chi connectivity index (χ1) is 13.2. The van der Waals surface area contributed by atoms with Crippen molar-refractivity contribution in [3.8, 4) is 11.5 Å². The summed E-state index contributed by atoms with van der Waals surface area (Å²) < 4.78 is 36.4. The second-order valence-corrected chi connectivity index (χ2v) is 8.28. The van der Waals surface area contributed by atoms with Crippen LogP contribution in [0.1, 0.15) is 18.1 Å². The molecule has 2 rings (SSSR count). The molecule has 0 aliphatic carbocycles. The van der Waals surface area contributed by atoms with Crippen LogP contribution in [0, 0.1) is 6.92 Å². The van der Waals surface area contributed by atoms with Crippen LogP contribution in [0.25, 0.3) is 0 Å². The molecular weight excluding hydrogens is 380 g/mol. The summed E-state index contributed by atoms with van der Waals surface area (Å²) in [6, 6.07) is 11.5. The predicted molar refractivity (Wildman–Crippen MR) is 109 cm³/mol. The number of carbonyl (C=O) groups excluding carboxylic acids is 1. The van der Waals surface area contributed by atoms with Gasteiger partial charge in [0, 0.05) is 12.6 Å². The zero-order valence-corrected chi connectivity index (χ0v) is 17.5. The number of ether oxygens (including phenoxy) is 2. The standard InChI is InChI=1S/C20H26N2O5S/c1-14-8-6-7-9-16(14)13-21-20(23)15(2)22(28(5,24)25)17-10-11-18(26-3)19(12-17)27-4/h6-12,15H,13H2,1-5H3,(H,21,23)/t15-/m1/s1. The topological polar surface area (TPSA) is 84.9 Å². The number of hydrogen-bond acceptors (Lipinski definition) is 5. The Morgan fingerprint density at radius 3 is 2.32 bits per heavy atom. The highest BCUT2D eigenvalue weighted by Gasteiger charge is 2.29. The number of aryl methyl sites for hydroxylation is 1. The lowest BCUT2D eigenvalue weighted by molar-refractivity contribution is -0.122. The molecule has 2 aromatic rings. The SMILES string of the molecule is COc1ccc(N([C@H](C)C(=O)NCc2ccccc2C)S(C)(=O)=O)cc1OC. The number of methoxy groups -OCH3 is 2. The number of benzene rings is 2. The molecule has 0 unspecified atom stereocenters. The Labute approximate surface area is 166 Å². The Balaban J connectivity index is 2.28. The summed E-state index contributed by atoms with van der Waals surface area (Å²) in [4.78, 5) is 12.7. The van der Waals surface area contributed by atoms with Crippen molar-refractivity contribution in [2.75, 3.05) is 24.8 Å². The maximum atomic E-state index is 12.7. The van der Waals surface area contributed by atoms with Crippen molar-refractivity contribution in [2.24, 2.45) is 0 Å². The number of nitrogens with one attached hydrogen (secondary N) is 1. The maximum Gasteiger partial charge on any atom is 0.243 e. The van der Waals surface area contributed by atoms with Crippen molar-refractivity contribution >= 4 is 21.6 Å². The van der Waals surface area contributed by atoms with E-state index in [0.717, 1.165) is 21.7 Å². The van der Waals surface area contributed by atoms with Crippen molar-refractivity contribution in [3.05, 3.63) is 53.6 Å². The molecule has 0 aliphatic heterocycles. The fraction of sp³-hybridized carbons (Fsp3) is 0.350. The van der Waals surface area contributed by atoms with Crippen molar-refractivity contribution in [1.82, 2.24) is 5.32 Å². The van der Waals surface area contributed by atoms with E-state index in [1.807, 2.05) is 31.2 Å². The minimum absolute atomic E-state index is 0.318. The minimum atomic E-state index is -3.72. The molecule has 7 nitrogen and oxygen atoms in total. The van der Waals surface area contributed by atoms with Gasteiger partial charge in [-0.1, -0.05) is 24.3 Å². The molecule has 0 saturated carbocycles. The van der Waals surface area contributed by atoms with Crippen LogP contribution in [-0.2, 0) is 21.4 Å². The van der Waals surface area contributed by atoms with Crippen LogP contribution in [0.4, 0.5) is 5.69 Å². The zero-order valence-electron chi connectivity index (χ0n) is 16.7. The van der Waals surface area contributed by atoms with E-state index in [2.05, 4.69) is 5.32 Å². The summed E-state index contributed by atoms with van der Waals surface area (Å²) in [7, 11) is -0.765. The third-order valence-electron chi connectivity index (χ3n) is 4.42. The van der Waals surface area contributed by atoms with E-state index < -0.39 is 22.0 Å². The van der Waals surface area contributed by atoms with Gasteiger partial charge in [0.2, 0.25) is 15.9 Å². The highest BCUT2D eigenvalue weighted by atomic mass is 32.2. The van der Waals surface area contributed by atoms with Gasteiger partial charge in [0.1, 0.15) is 6.04 Å². The van der Waals surface area contributed by atoms with E-state index >= 15 is 0 Å². The monoisotopic (exact) mass is 406 g/mol. The number of rotatable bonds is 8. The van der Waals surface area contributed by atoms with Crippen LogP contribution in [0.3, 0.4) is 0 Å². The van der Waals surface area contributed by atoms with Crippen molar-refractivity contribution < 1.29 is 22.7 Å². The van der Waals surface area contributed by atoms with Gasteiger partial charge in [-0.15, -0.1) is 0 Å². The fourth-order valence-electron chi connectivity index (χ4n) is 2.91. The van der Waals surface area contributed by atoms with Gasteiger partial charge >= 0.3 is 0 Å². The minimum Gasteiger partial charge on any atom is -0.493 e. The molecule has 2 aromatic carbocycles. The number of amides is 1. The second-order valence-electron chi connectivity index (χ2n) is 6.42. The number of carbonyl (C=O) groups is 1. The molecule has 152 valence electrons. The van der Waals surface area contributed by atoms with Crippen molar-refractivity contribution in [2.45, 2.75) is 26.4 Å². The first kappa shape index (κ1) is 21.6. The van der Waals surface area contributed by atoms with Gasteiger partial charge in [-0.3, -0.25) is 9.10 Å². The Hall–Kier alpha value is -2.74. The van der Waals surface area contributed by atoms with Gasteiger partial charge in [-0.25, -0.2) is 8.42 Å². The number of nitrogens with zero attached hydrogens (tertiary/aromatic N) is 1. The van der Waals surface area contributed by atoms with Crippen LogP contribution in [0.15, 0.2) is 42.5 Å². The van der Waals surface area contributed by atoms with Crippen molar-refractivity contribution in [1.29, 1.82) is 0 Å².